The first-order valence-corrected chi connectivity index (χ1v) is 15.1. The molecule has 1 aliphatic carbocycles. The summed E-state index contributed by atoms with van der Waals surface area (Å²) in [4.78, 5) is 24.9. The number of nitrogens with one attached hydrogen (secondary N) is 4. The number of nitrogens with two attached hydrogens (primary N) is 2. The highest BCUT2D eigenvalue weighted by Crippen LogP contribution is 2.41. The zero-order valence-corrected chi connectivity index (χ0v) is 25.5. The van der Waals surface area contributed by atoms with Crippen LogP contribution in [0.2, 0.25) is 0 Å². The van der Waals surface area contributed by atoms with E-state index in [2.05, 4.69) is 10.6 Å². The second-order valence-corrected chi connectivity index (χ2v) is 11.6. The van der Waals surface area contributed by atoms with Gasteiger partial charge in [0.05, 0.1) is 13.2 Å². The van der Waals surface area contributed by atoms with E-state index in [0.29, 0.717) is 48.6 Å². The van der Waals surface area contributed by atoms with Crippen molar-refractivity contribution >= 4 is 23.5 Å². The van der Waals surface area contributed by atoms with Gasteiger partial charge in [-0.05, 0) is 72.5 Å². The molecule has 236 valence electrons. The van der Waals surface area contributed by atoms with Crippen molar-refractivity contribution in [2.24, 2.45) is 16.9 Å². The number of rotatable bonds is 14. The fraction of sp³-hybridized carbons (Fsp3) is 0.222. The third kappa shape index (κ3) is 8.29. The normalized spacial score (nSPS) is 13.1. The van der Waals surface area contributed by atoms with Gasteiger partial charge in [-0.1, -0.05) is 55.0 Å². The van der Waals surface area contributed by atoms with Crippen molar-refractivity contribution < 1.29 is 19.1 Å². The van der Waals surface area contributed by atoms with E-state index >= 15 is 0 Å². The predicted octanol–water partition coefficient (Wildman–Crippen LogP) is 4.74. The number of benzene rings is 4. The molecule has 0 aromatic heterocycles. The van der Waals surface area contributed by atoms with Crippen molar-refractivity contribution in [1.29, 1.82) is 10.8 Å². The van der Waals surface area contributed by atoms with Gasteiger partial charge < -0.3 is 31.6 Å². The van der Waals surface area contributed by atoms with Gasteiger partial charge in [0.25, 0.3) is 11.8 Å². The minimum atomic E-state index is -0.197. The van der Waals surface area contributed by atoms with Gasteiger partial charge in [0.2, 0.25) is 0 Å². The van der Waals surface area contributed by atoms with Gasteiger partial charge >= 0.3 is 0 Å². The van der Waals surface area contributed by atoms with Crippen molar-refractivity contribution in [3.05, 3.63) is 130 Å². The Morgan fingerprint density at radius 2 is 0.935 bits per heavy atom. The average Bonchev–Trinajstić information content (AvgIpc) is 3.06. The van der Waals surface area contributed by atoms with Crippen LogP contribution in [0.3, 0.4) is 0 Å². The molecule has 0 bridgehead atoms. The lowest BCUT2D eigenvalue weighted by Gasteiger charge is -2.41. The molecule has 1 saturated carbocycles. The Bertz CT molecular complexity index is 1560. The smallest absolute Gasteiger partial charge is 0.251 e. The van der Waals surface area contributed by atoms with Crippen molar-refractivity contribution in [2.45, 2.75) is 32.4 Å². The Hall–Kier alpha value is -5.64. The van der Waals surface area contributed by atoms with E-state index in [-0.39, 0.29) is 28.9 Å². The maximum atomic E-state index is 12.5. The molecule has 5 rings (SSSR count). The first kappa shape index (κ1) is 31.8. The molecule has 0 unspecified atom stereocenters. The molecule has 10 nitrogen and oxygen atoms in total. The van der Waals surface area contributed by atoms with Gasteiger partial charge in [-0.3, -0.25) is 20.4 Å². The van der Waals surface area contributed by atoms with E-state index in [9.17, 15) is 9.59 Å². The lowest BCUT2D eigenvalue weighted by molar-refractivity contribution is 0.00975. The third-order valence-corrected chi connectivity index (χ3v) is 8.17. The maximum absolute atomic E-state index is 12.5. The van der Waals surface area contributed by atoms with Gasteiger partial charge in [0.1, 0.15) is 23.2 Å². The number of ether oxygens (including phenoxy) is 2. The van der Waals surface area contributed by atoms with Crippen LogP contribution in [0.25, 0.3) is 0 Å². The second-order valence-electron chi connectivity index (χ2n) is 11.6. The molecule has 8 N–H and O–H groups in total. The molecule has 1 aliphatic rings. The van der Waals surface area contributed by atoms with Gasteiger partial charge in [-0.15, -0.1) is 0 Å². The van der Waals surface area contributed by atoms with E-state index in [1.807, 2.05) is 48.5 Å². The van der Waals surface area contributed by atoms with E-state index in [1.165, 1.54) is 0 Å². The molecule has 10 heteroatoms. The van der Waals surface area contributed by atoms with Crippen LogP contribution in [0.5, 0.6) is 11.5 Å². The van der Waals surface area contributed by atoms with Crippen LogP contribution in [0, 0.1) is 16.2 Å². The van der Waals surface area contributed by atoms with Gasteiger partial charge in [0.15, 0.2) is 0 Å². The monoisotopic (exact) mass is 618 g/mol. The third-order valence-electron chi connectivity index (χ3n) is 8.17. The van der Waals surface area contributed by atoms with Crippen molar-refractivity contribution in [1.82, 2.24) is 10.6 Å². The summed E-state index contributed by atoms with van der Waals surface area (Å²) >= 11 is 0. The molecule has 46 heavy (non-hydrogen) atoms. The quantitative estimate of drug-likeness (QED) is 0.0878. The summed E-state index contributed by atoms with van der Waals surface area (Å²) in [5.74, 6) is 1.07. The maximum Gasteiger partial charge on any atom is 0.251 e. The van der Waals surface area contributed by atoms with Crippen LogP contribution in [0.4, 0.5) is 0 Å². The topological polar surface area (TPSA) is 176 Å². The highest BCUT2D eigenvalue weighted by atomic mass is 16.5. The summed E-state index contributed by atoms with van der Waals surface area (Å²) in [7, 11) is 0. The lowest BCUT2D eigenvalue weighted by Crippen LogP contribution is -2.41. The van der Waals surface area contributed by atoms with Gasteiger partial charge in [-0.2, -0.15) is 0 Å². The van der Waals surface area contributed by atoms with Gasteiger partial charge in [-0.25, -0.2) is 0 Å². The molecule has 0 spiro atoms. The first-order chi connectivity index (χ1) is 22.2. The van der Waals surface area contributed by atoms with Crippen molar-refractivity contribution in [3.8, 4) is 11.5 Å². The van der Waals surface area contributed by atoms with E-state index < -0.39 is 0 Å². The number of hydrogen-bond donors (Lipinski definition) is 6. The standard InChI is InChI=1S/C36H38N6O4/c37-32(38)26-6-10-28(11-7-26)34(43)41-20-24-2-14-30(15-3-24)45-22-36(18-1-19-36)23-46-31-16-4-25(5-17-31)21-42-35(44)29-12-8-27(9-13-29)33(39)40/h2-17H,1,18-23H2,(H3,37,38)(H3,39,40)(H,41,43)(H,42,44). The molecule has 0 aliphatic heterocycles. The summed E-state index contributed by atoms with van der Waals surface area (Å²) in [6.07, 6.45) is 3.20. The highest BCUT2D eigenvalue weighted by Gasteiger charge is 2.39. The molecule has 0 saturated heterocycles. The molecule has 0 heterocycles. The molecule has 0 atom stereocenters. The summed E-state index contributed by atoms with van der Waals surface area (Å²) in [6.45, 7) is 1.87. The SMILES string of the molecule is N=C(N)c1ccc(C(=O)NCc2ccc(OCC3(COc4ccc(CNC(=O)c5ccc(C(=N)N)cc5)cc4)CCC3)cc2)cc1. The molecule has 2 amide bonds. The minimum Gasteiger partial charge on any atom is -0.493 e. The Morgan fingerprint density at radius 3 is 1.24 bits per heavy atom. The molecular formula is C36H38N6O4. The fourth-order valence-corrected chi connectivity index (χ4v) is 5.06. The first-order valence-electron chi connectivity index (χ1n) is 15.1. The Kier molecular flexibility index (Phi) is 9.97. The molecule has 0 radical (unpaired) electrons. The Balaban J connectivity index is 1.04. The van der Waals surface area contributed by atoms with Crippen LogP contribution in [-0.2, 0) is 13.1 Å². The van der Waals surface area contributed by atoms with Gasteiger partial charge in [0, 0.05) is 40.8 Å². The minimum absolute atomic E-state index is 0.0346. The number of nitrogen functional groups attached to an aromatic ring is 2. The van der Waals surface area contributed by atoms with Crippen LogP contribution in [0.15, 0.2) is 97.1 Å². The summed E-state index contributed by atoms with van der Waals surface area (Å²) < 4.78 is 12.3. The van der Waals surface area contributed by atoms with Crippen molar-refractivity contribution in [2.75, 3.05) is 13.2 Å². The molecule has 4 aromatic rings. The van der Waals surface area contributed by atoms with Crippen LogP contribution in [-0.4, -0.2) is 36.7 Å². The summed E-state index contributed by atoms with van der Waals surface area (Å²) in [5, 5.41) is 20.7. The number of amides is 2. The van der Waals surface area contributed by atoms with Crippen LogP contribution < -0.4 is 31.6 Å². The molecular weight excluding hydrogens is 580 g/mol. The van der Waals surface area contributed by atoms with E-state index in [4.69, 9.17) is 31.8 Å². The second kappa shape index (κ2) is 14.4. The number of amidine groups is 2. The van der Waals surface area contributed by atoms with E-state index in [1.54, 1.807) is 48.5 Å². The molecule has 1 fully saturated rings. The lowest BCUT2D eigenvalue weighted by atomic mass is 9.70. The zero-order chi connectivity index (χ0) is 32.5. The summed E-state index contributed by atoms with van der Waals surface area (Å²) in [6, 6.07) is 28.6. The number of hydrogen-bond acceptors (Lipinski definition) is 6. The average molecular weight is 619 g/mol. The van der Waals surface area contributed by atoms with Crippen LogP contribution >= 0.6 is 0 Å². The van der Waals surface area contributed by atoms with Crippen molar-refractivity contribution in [3.63, 3.8) is 0 Å². The van der Waals surface area contributed by atoms with E-state index in [0.717, 1.165) is 41.9 Å². The largest absolute Gasteiger partial charge is 0.493 e. The number of carbonyl (C=O) groups is 2. The Morgan fingerprint density at radius 1 is 0.587 bits per heavy atom. The zero-order valence-electron chi connectivity index (χ0n) is 25.5. The summed E-state index contributed by atoms with van der Waals surface area (Å²) in [5.41, 5.74) is 15.0. The number of carbonyl (C=O) groups excluding carboxylic acids is 2. The predicted molar refractivity (Wildman–Crippen MR) is 177 cm³/mol. The Labute approximate surface area is 268 Å². The van der Waals surface area contributed by atoms with Crippen LogP contribution in [0.1, 0.15) is 62.2 Å². The highest BCUT2D eigenvalue weighted by molar-refractivity contribution is 5.99. The molecule has 4 aromatic carbocycles. The fourth-order valence-electron chi connectivity index (χ4n) is 5.06.